The van der Waals surface area contributed by atoms with Gasteiger partial charge in [-0.1, -0.05) is 41.4 Å². The Morgan fingerprint density at radius 3 is 2.67 bits per heavy atom. The Bertz CT molecular complexity index is 988. The number of halogens is 1. The number of fused-ring (bicyclic) bond motifs is 1. The third-order valence-electron chi connectivity index (χ3n) is 3.68. The van der Waals surface area contributed by atoms with E-state index in [1.807, 2.05) is 19.1 Å². The number of carbonyl (C=O) groups is 1. The number of hydrogen-bond donors (Lipinski definition) is 0. The van der Waals surface area contributed by atoms with Crippen LogP contribution in [0, 0.1) is 6.92 Å². The molecule has 3 aromatic rings. The first-order valence-electron chi connectivity index (χ1n) is 7.52. The van der Waals surface area contributed by atoms with Gasteiger partial charge in [-0.2, -0.15) is 0 Å². The molecule has 24 heavy (non-hydrogen) atoms. The van der Waals surface area contributed by atoms with Crippen molar-refractivity contribution in [2.24, 2.45) is 0 Å². The first kappa shape index (κ1) is 16.3. The molecule has 2 aromatic carbocycles. The van der Waals surface area contributed by atoms with Gasteiger partial charge in [-0.25, -0.2) is 9.59 Å². The zero-order chi connectivity index (χ0) is 17.3. The van der Waals surface area contributed by atoms with E-state index in [1.165, 1.54) is 0 Å². The highest BCUT2D eigenvalue weighted by atomic mass is 35.5. The summed E-state index contributed by atoms with van der Waals surface area (Å²) in [6, 6.07) is 12.5. The Kier molecular flexibility index (Phi) is 4.40. The maximum atomic E-state index is 12.4. The van der Waals surface area contributed by atoms with E-state index in [0.29, 0.717) is 27.1 Å². The maximum absolute atomic E-state index is 12.4. The van der Waals surface area contributed by atoms with Crippen LogP contribution in [-0.2, 0) is 4.74 Å². The van der Waals surface area contributed by atoms with Crippen molar-refractivity contribution in [3.63, 3.8) is 0 Å². The minimum atomic E-state index is -0.736. The van der Waals surface area contributed by atoms with Crippen LogP contribution in [0.3, 0.4) is 0 Å². The Morgan fingerprint density at radius 2 is 1.96 bits per heavy atom. The van der Waals surface area contributed by atoms with Gasteiger partial charge in [0.1, 0.15) is 5.58 Å². The van der Waals surface area contributed by atoms with Crippen molar-refractivity contribution in [2.45, 2.75) is 13.8 Å². The first-order chi connectivity index (χ1) is 11.5. The molecule has 1 heterocycles. The largest absolute Gasteiger partial charge is 0.462 e. The number of ether oxygens (including phenoxy) is 1. The number of aryl methyl sites for hydroxylation is 1. The lowest BCUT2D eigenvalue weighted by molar-refractivity contribution is 0.0523. The maximum Gasteiger partial charge on any atom is 0.351 e. The highest BCUT2D eigenvalue weighted by molar-refractivity contribution is 6.34. The smallest absolute Gasteiger partial charge is 0.351 e. The second kappa shape index (κ2) is 6.49. The molecule has 4 nitrogen and oxygen atoms in total. The van der Waals surface area contributed by atoms with Gasteiger partial charge in [-0.3, -0.25) is 0 Å². The van der Waals surface area contributed by atoms with Crippen molar-refractivity contribution in [2.75, 3.05) is 6.61 Å². The lowest BCUT2D eigenvalue weighted by atomic mass is 9.96. The summed E-state index contributed by atoms with van der Waals surface area (Å²) in [7, 11) is 0. The minimum Gasteiger partial charge on any atom is -0.462 e. The van der Waals surface area contributed by atoms with E-state index in [9.17, 15) is 9.59 Å². The summed E-state index contributed by atoms with van der Waals surface area (Å²) < 4.78 is 10.4. The van der Waals surface area contributed by atoms with Crippen molar-refractivity contribution < 1.29 is 13.9 Å². The van der Waals surface area contributed by atoms with Gasteiger partial charge >= 0.3 is 11.6 Å². The number of carbonyl (C=O) groups excluding carboxylic acids is 1. The standard InChI is InChI=1S/C19H15ClO4/c1-3-23-18(21)17-16(12-6-4-5-7-14(12)20)13-10-11(2)8-9-15(13)24-19(17)22/h4-10H,3H2,1-2H3. The van der Waals surface area contributed by atoms with E-state index < -0.39 is 11.6 Å². The van der Waals surface area contributed by atoms with Crippen LogP contribution in [0.1, 0.15) is 22.8 Å². The molecule has 0 fully saturated rings. The average molecular weight is 343 g/mol. The molecule has 0 spiro atoms. The summed E-state index contributed by atoms with van der Waals surface area (Å²) in [4.78, 5) is 24.8. The highest BCUT2D eigenvalue weighted by Gasteiger charge is 2.24. The van der Waals surface area contributed by atoms with Gasteiger partial charge in [0, 0.05) is 21.5 Å². The van der Waals surface area contributed by atoms with E-state index in [4.69, 9.17) is 20.8 Å². The fourth-order valence-electron chi connectivity index (χ4n) is 2.65. The second-order valence-electron chi connectivity index (χ2n) is 5.34. The van der Waals surface area contributed by atoms with Crippen molar-refractivity contribution in [3.05, 3.63) is 69.0 Å². The third kappa shape index (κ3) is 2.81. The molecule has 0 bridgehead atoms. The summed E-state index contributed by atoms with van der Waals surface area (Å²) >= 11 is 6.32. The molecule has 0 aliphatic carbocycles. The van der Waals surface area contributed by atoms with Crippen LogP contribution in [0.25, 0.3) is 22.1 Å². The van der Waals surface area contributed by atoms with Crippen molar-refractivity contribution in [3.8, 4) is 11.1 Å². The Morgan fingerprint density at radius 1 is 1.21 bits per heavy atom. The lowest BCUT2D eigenvalue weighted by Crippen LogP contribution is -2.18. The number of esters is 1. The molecule has 0 saturated heterocycles. The summed E-state index contributed by atoms with van der Waals surface area (Å²) in [6.07, 6.45) is 0. The van der Waals surface area contributed by atoms with Gasteiger partial charge in [0.05, 0.1) is 6.61 Å². The van der Waals surface area contributed by atoms with Crippen LogP contribution in [0.15, 0.2) is 51.7 Å². The molecule has 0 aliphatic heterocycles. The molecule has 0 radical (unpaired) electrons. The minimum absolute atomic E-state index is 0.136. The molecule has 0 aliphatic rings. The van der Waals surface area contributed by atoms with E-state index in [-0.39, 0.29) is 12.2 Å². The van der Waals surface area contributed by atoms with Crippen molar-refractivity contribution in [1.29, 1.82) is 0 Å². The van der Waals surface area contributed by atoms with Gasteiger partial charge in [-0.15, -0.1) is 0 Å². The normalized spacial score (nSPS) is 10.8. The van der Waals surface area contributed by atoms with E-state index >= 15 is 0 Å². The molecular formula is C19H15ClO4. The lowest BCUT2D eigenvalue weighted by Gasteiger charge is -2.13. The summed E-state index contributed by atoms with van der Waals surface area (Å²) in [5, 5.41) is 1.09. The second-order valence-corrected chi connectivity index (χ2v) is 5.75. The zero-order valence-electron chi connectivity index (χ0n) is 13.3. The van der Waals surface area contributed by atoms with Crippen molar-refractivity contribution in [1.82, 2.24) is 0 Å². The molecular weight excluding hydrogens is 328 g/mol. The van der Waals surface area contributed by atoms with Crippen LogP contribution >= 0.6 is 11.6 Å². The Balaban J connectivity index is 2.48. The fourth-order valence-corrected chi connectivity index (χ4v) is 2.88. The van der Waals surface area contributed by atoms with Gasteiger partial charge < -0.3 is 9.15 Å². The van der Waals surface area contributed by atoms with E-state index in [2.05, 4.69) is 0 Å². The Labute approximate surface area is 143 Å². The van der Waals surface area contributed by atoms with E-state index in [0.717, 1.165) is 5.56 Å². The molecule has 0 atom stereocenters. The van der Waals surface area contributed by atoms with Crippen molar-refractivity contribution >= 4 is 28.5 Å². The topological polar surface area (TPSA) is 56.5 Å². The van der Waals surface area contributed by atoms with Crippen LogP contribution in [0.2, 0.25) is 5.02 Å². The predicted octanol–water partition coefficient (Wildman–Crippen LogP) is 4.60. The van der Waals surface area contributed by atoms with Crippen LogP contribution < -0.4 is 5.63 Å². The van der Waals surface area contributed by atoms with Gasteiger partial charge in [0.2, 0.25) is 0 Å². The molecule has 122 valence electrons. The van der Waals surface area contributed by atoms with Crippen LogP contribution in [0.4, 0.5) is 0 Å². The summed E-state index contributed by atoms with van der Waals surface area (Å²) in [5.41, 5.74) is 1.52. The molecule has 3 rings (SSSR count). The zero-order valence-corrected chi connectivity index (χ0v) is 14.0. The van der Waals surface area contributed by atoms with Gasteiger partial charge in [0.15, 0.2) is 5.56 Å². The number of rotatable bonds is 3. The van der Waals surface area contributed by atoms with Gasteiger partial charge in [-0.05, 0) is 32.0 Å². The monoisotopic (exact) mass is 342 g/mol. The van der Waals surface area contributed by atoms with E-state index in [1.54, 1.807) is 37.3 Å². The molecule has 0 unspecified atom stereocenters. The molecule has 0 amide bonds. The predicted molar refractivity (Wildman–Crippen MR) is 93.6 cm³/mol. The molecule has 1 aromatic heterocycles. The number of hydrogen-bond acceptors (Lipinski definition) is 4. The Hall–Kier alpha value is -2.59. The summed E-state index contributed by atoms with van der Waals surface area (Å²) in [6.45, 7) is 3.76. The highest BCUT2D eigenvalue weighted by Crippen LogP contribution is 2.35. The summed E-state index contributed by atoms with van der Waals surface area (Å²) in [5.74, 6) is -0.718. The molecule has 0 N–H and O–H groups in total. The first-order valence-corrected chi connectivity index (χ1v) is 7.90. The fraction of sp³-hybridized carbons (Fsp3) is 0.158. The quantitative estimate of drug-likeness (QED) is 0.515. The SMILES string of the molecule is CCOC(=O)c1c(-c2ccccc2Cl)c2cc(C)ccc2oc1=O. The third-order valence-corrected chi connectivity index (χ3v) is 4.01. The molecule has 0 saturated carbocycles. The van der Waals surface area contributed by atoms with Gasteiger partial charge in [0.25, 0.3) is 0 Å². The molecule has 5 heteroatoms. The van der Waals surface area contributed by atoms with Crippen LogP contribution in [-0.4, -0.2) is 12.6 Å². The number of benzene rings is 2. The average Bonchev–Trinajstić information content (AvgIpc) is 2.55. The van der Waals surface area contributed by atoms with Crippen LogP contribution in [0.5, 0.6) is 0 Å².